The summed E-state index contributed by atoms with van der Waals surface area (Å²) in [4.78, 5) is 4.49. The minimum absolute atomic E-state index is 0.265. The number of benzene rings is 1. The molecule has 0 radical (unpaired) electrons. The van der Waals surface area contributed by atoms with Crippen LogP contribution in [0.3, 0.4) is 0 Å². The third kappa shape index (κ3) is 2.70. The van der Waals surface area contributed by atoms with Gasteiger partial charge < -0.3 is 20.3 Å². The SMILES string of the molecule is CC1CN(c2ccc(N)cc2N(C)C)CC(C)O1. The summed E-state index contributed by atoms with van der Waals surface area (Å²) in [7, 11) is 4.09. The first kappa shape index (κ1) is 13.0. The summed E-state index contributed by atoms with van der Waals surface area (Å²) >= 11 is 0. The highest BCUT2D eigenvalue weighted by molar-refractivity contribution is 5.75. The number of hydrogen-bond donors (Lipinski definition) is 1. The Morgan fingerprint density at radius 1 is 1.22 bits per heavy atom. The molecule has 1 aromatic carbocycles. The molecule has 1 aliphatic rings. The van der Waals surface area contributed by atoms with Crippen molar-refractivity contribution in [3.8, 4) is 0 Å². The number of rotatable bonds is 2. The topological polar surface area (TPSA) is 41.7 Å². The van der Waals surface area contributed by atoms with Gasteiger partial charge in [0.05, 0.1) is 23.6 Å². The molecule has 0 saturated carbocycles. The van der Waals surface area contributed by atoms with Gasteiger partial charge in [-0.05, 0) is 32.0 Å². The molecule has 2 atom stereocenters. The quantitative estimate of drug-likeness (QED) is 0.813. The molecule has 1 saturated heterocycles. The average molecular weight is 249 g/mol. The predicted octanol–water partition coefficient (Wildman–Crippen LogP) is 1.95. The lowest BCUT2D eigenvalue weighted by atomic mass is 10.1. The molecule has 2 unspecified atom stereocenters. The summed E-state index contributed by atoms with van der Waals surface area (Å²) in [5.41, 5.74) is 9.08. The third-order valence-electron chi connectivity index (χ3n) is 3.24. The number of hydrogen-bond acceptors (Lipinski definition) is 4. The van der Waals surface area contributed by atoms with Crippen LogP contribution < -0.4 is 15.5 Å². The molecular weight excluding hydrogens is 226 g/mol. The highest BCUT2D eigenvalue weighted by Gasteiger charge is 2.24. The molecule has 0 aromatic heterocycles. The van der Waals surface area contributed by atoms with E-state index in [0.29, 0.717) is 0 Å². The van der Waals surface area contributed by atoms with Gasteiger partial charge in [-0.3, -0.25) is 0 Å². The second-order valence-corrected chi connectivity index (χ2v) is 5.30. The largest absolute Gasteiger partial charge is 0.399 e. The second-order valence-electron chi connectivity index (χ2n) is 5.30. The Hall–Kier alpha value is -1.42. The van der Waals surface area contributed by atoms with Crippen LogP contribution >= 0.6 is 0 Å². The molecule has 0 spiro atoms. The van der Waals surface area contributed by atoms with E-state index in [2.05, 4.69) is 29.7 Å². The van der Waals surface area contributed by atoms with E-state index in [9.17, 15) is 0 Å². The highest BCUT2D eigenvalue weighted by atomic mass is 16.5. The first-order valence-electron chi connectivity index (χ1n) is 6.44. The second kappa shape index (κ2) is 5.06. The number of morpholine rings is 1. The van der Waals surface area contributed by atoms with Crippen molar-refractivity contribution in [2.45, 2.75) is 26.1 Å². The van der Waals surface area contributed by atoms with Crippen molar-refractivity contribution in [1.29, 1.82) is 0 Å². The Bertz CT molecular complexity index is 410. The molecule has 18 heavy (non-hydrogen) atoms. The van der Waals surface area contributed by atoms with Crippen LogP contribution in [0.5, 0.6) is 0 Å². The maximum atomic E-state index is 5.88. The van der Waals surface area contributed by atoms with E-state index < -0.39 is 0 Å². The van der Waals surface area contributed by atoms with Crippen molar-refractivity contribution in [1.82, 2.24) is 0 Å². The Balaban J connectivity index is 2.32. The van der Waals surface area contributed by atoms with Gasteiger partial charge in [-0.1, -0.05) is 0 Å². The van der Waals surface area contributed by atoms with Gasteiger partial charge in [0.2, 0.25) is 0 Å². The van der Waals surface area contributed by atoms with Gasteiger partial charge in [-0.15, -0.1) is 0 Å². The molecule has 4 nitrogen and oxygen atoms in total. The Labute approximate surface area is 109 Å². The molecular formula is C14H23N3O. The maximum absolute atomic E-state index is 5.88. The van der Waals surface area contributed by atoms with Crippen molar-refractivity contribution < 1.29 is 4.74 Å². The Morgan fingerprint density at radius 3 is 2.39 bits per heavy atom. The zero-order valence-corrected chi connectivity index (χ0v) is 11.7. The highest BCUT2D eigenvalue weighted by Crippen LogP contribution is 2.32. The van der Waals surface area contributed by atoms with Gasteiger partial charge in [-0.25, -0.2) is 0 Å². The van der Waals surface area contributed by atoms with Crippen LogP contribution in [0.2, 0.25) is 0 Å². The van der Waals surface area contributed by atoms with Crippen LogP contribution in [0.15, 0.2) is 18.2 Å². The monoisotopic (exact) mass is 249 g/mol. The van der Waals surface area contributed by atoms with E-state index in [1.165, 1.54) is 5.69 Å². The molecule has 1 aromatic rings. The van der Waals surface area contributed by atoms with E-state index in [1.807, 2.05) is 26.2 Å². The summed E-state index contributed by atoms with van der Waals surface area (Å²) in [5.74, 6) is 0. The van der Waals surface area contributed by atoms with Gasteiger partial charge in [0.1, 0.15) is 0 Å². The minimum atomic E-state index is 0.265. The lowest BCUT2D eigenvalue weighted by Crippen LogP contribution is -2.45. The van der Waals surface area contributed by atoms with Crippen molar-refractivity contribution in [3.05, 3.63) is 18.2 Å². The van der Waals surface area contributed by atoms with Gasteiger partial charge in [0, 0.05) is 32.9 Å². The fraction of sp³-hybridized carbons (Fsp3) is 0.571. The molecule has 1 heterocycles. The van der Waals surface area contributed by atoms with E-state index in [0.717, 1.165) is 24.5 Å². The van der Waals surface area contributed by atoms with E-state index in [4.69, 9.17) is 10.5 Å². The maximum Gasteiger partial charge on any atom is 0.0726 e. The zero-order valence-electron chi connectivity index (χ0n) is 11.7. The lowest BCUT2D eigenvalue weighted by molar-refractivity contribution is -0.00518. The molecule has 100 valence electrons. The lowest BCUT2D eigenvalue weighted by Gasteiger charge is -2.38. The average Bonchev–Trinajstić information content (AvgIpc) is 2.27. The van der Waals surface area contributed by atoms with E-state index >= 15 is 0 Å². The van der Waals surface area contributed by atoms with Crippen LogP contribution in [0.4, 0.5) is 17.1 Å². The summed E-state index contributed by atoms with van der Waals surface area (Å²) in [5, 5.41) is 0. The molecule has 2 rings (SSSR count). The normalized spacial score (nSPS) is 24.1. The molecule has 1 aliphatic heterocycles. The van der Waals surface area contributed by atoms with Gasteiger partial charge in [-0.2, -0.15) is 0 Å². The third-order valence-corrected chi connectivity index (χ3v) is 3.24. The standard InChI is InChI=1S/C14H23N3O/c1-10-8-17(9-11(2)18-10)13-6-5-12(15)7-14(13)16(3)4/h5-7,10-11H,8-9,15H2,1-4H3. The molecule has 4 heteroatoms. The van der Waals surface area contributed by atoms with Crippen molar-refractivity contribution in [2.24, 2.45) is 0 Å². The van der Waals surface area contributed by atoms with Gasteiger partial charge >= 0.3 is 0 Å². The fourth-order valence-corrected chi connectivity index (χ4v) is 2.54. The summed E-state index contributed by atoms with van der Waals surface area (Å²) < 4.78 is 5.78. The van der Waals surface area contributed by atoms with Crippen LogP contribution in [-0.4, -0.2) is 39.4 Å². The fourth-order valence-electron chi connectivity index (χ4n) is 2.54. The molecule has 0 amide bonds. The smallest absolute Gasteiger partial charge is 0.0726 e. The van der Waals surface area contributed by atoms with E-state index in [1.54, 1.807) is 0 Å². The summed E-state index contributed by atoms with van der Waals surface area (Å²) in [6, 6.07) is 6.10. The molecule has 0 bridgehead atoms. The number of nitrogens with two attached hydrogens (primary N) is 1. The number of anilines is 3. The van der Waals surface area contributed by atoms with Crippen LogP contribution in [0.1, 0.15) is 13.8 Å². The van der Waals surface area contributed by atoms with Crippen LogP contribution in [0, 0.1) is 0 Å². The number of nitrogen functional groups attached to an aromatic ring is 1. The van der Waals surface area contributed by atoms with Crippen LogP contribution in [-0.2, 0) is 4.74 Å². The van der Waals surface area contributed by atoms with Crippen molar-refractivity contribution in [3.63, 3.8) is 0 Å². The van der Waals surface area contributed by atoms with Gasteiger partial charge in [0.15, 0.2) is 0 Å². The predicted molar refractivity (Wildman–Crippen MR) is 77.4 cm³/mol. The van der Waals surface area contributed by atoms with Gasteiger partial charge in [0.25, 0.3) is 0 Å². The van der Waals surface area contributed by atoms with Crippen molar-refractivity contribution >= 4 is 17.1 Å². The first-order valence-corrected chi connectivity index (χ1v) is 6.44. The Morgan fingerprint density at radius 2 is 1.83 bits per heavy atom. The molecule has 2 N–H and O–H groups in total. The minimum Gasteiger partial charge on any atom is -0.399 e. The number of ether oxygens (including phenoxy) is 1. The Kier molecular flexibility index (Phi) is 3.66. The van der Waals surface area contributed by atoms with Crippen LogP contribution in [0.25, 0.3) is 0 Å². The first-order chi connectivity index (χ1) is 8.47. The molecule has 1 fully saturated rings. The zero-order chi connectivity index (χ0) is 13.3. The summed E-state index contributed by atoms with van der Waals surface area (Å²) in [6.45, 7) is 6.09. The van der Waals surface area contributed by atoms with Crippen molar-refractivity contribution in [2.75, 3.05) is 42.7 Å². The number of nitrogens with zero attached hydrogens (tertiary/aromatic N) is 2. The molecule has 0 aliphatic carbocycles. The van der Waals surface area contributed by atoms with E-state index in [-0.39, 0.29) is 12.2 Å². The summed E-state index contributed by atoms with van der Waals surface area (Å²) in [6.07, 6.45) is 0.530.